The van der Waals surface area contributed by atoms with Gasteiger partial charge in [-0.3, -0.25) is 4.79 Å². The van der Waals surface area contributed by atoms with Crippen molar-refractivity contribution < 1.29 is 9.90 Å². The molecule has 24 heavy (non-hydrogen) atoms. The lowest BCUT2D eigenvalue weighted by Crippen LogP contribution is -2.13. The van der Waals surface area contributed by atoms with Crippen LogP contribution in [0.15, 0.2) is 54.2 Å². The number of hydrogen-bond donors (Lipinski definition) is 3. The summed E-state index contributed by atoms with van der Waals surface area (Å²) in [6.07, 6.45) is 3.21. The molecule has 0 fully saturated rings. The molecule has 2 aromatic carbocycles. The molecular formula is C18H12ClN3O2. The van der Waals surface area contributed by atoms with Crippen molar-refractivity contribution in [3.8, 4) is 11.8 Å². The average molecular weight is 338 g/mol. The fourth-order valence-corrected chi connectivity index (χ4v) is 2.50. The van der Waals surface area contributed by atoms with Crippen LogP contribution in [0.2, 0.25) is 5.02 Å². The number of carbonyl (C=O) groups is 1. The lowest BCUT2D eigenvalue weighted by atomic mass is 10.1. The predicted molar refractivity (Wildman–Crippen MR) is 93.6 cm³/mol. The third-order valence-electron chi connectivity index (χ3n) is 3.44. The van der Waals surface area contributed by atoms with Gasteiger partial charge in [-0.15, -0.1) is 0 Å². The van der Waals surface area contributed by atoms with E-state index in [2.05, 4.69) is 10.3 Å². The normalized spacial score (nSPS) is 11.2. The molecule has 3 aromatic rings. The first-order valence-corrected chi connectivity index (χ1v) is 7.43. The van der Waals surface area contributed by atoms with Crippen LogP contribution in [0.1, 0.15) is 5.56 Å². The van der Waals surface area contributed by atoms with Gasteiger partial charge in [0, 0.05) is 39.4 Å². The van der Waals surface area contributed by atoms with E-state index >= 15 is 0 Å². The number of aromatic nitrogens is 1. The number of nitrogens with zero attached hydrogens (tertiary/aromatic N) is 1. The van der Waals surface area contributed by atoms with Crippen molar-refractivity contribution in [3.63, 3.8) is 0 Å². The van der Waals surface area contributed by atoms with Crippen molar-refractivity contribution in [3.05, 3.63) is 64.8 Å². The maximum Gasteiger partial charge on any atom is 0.266 e. The molecule has 0 unspecified atom stereocenters. The number of aromatic hydroxyl groups is 1. The Morgan fingerprint density at radius 2 is 2.12 bits per heavy atom. The first-order valence-electron chi connectivity index (χ1n) is 7.05. The van der Waals surface area contributed by atoms with Gasteiger partial charge in [0.15, 0.2) is 0 Å². The molecule has 1 heterocycles. The Morgan fingerprint density at radius 1 is 1.29 bits per heavy atom. The topological polar surface area (TPSA) is 88.9 Å². The van der Waals surface area contributed by atoms with E-state index < -0.39 is 5.91 Å². The van der Waals surface area contributed by atoms with E-state index in [0.29, 0.717) is 16.3 Å². The Labute approximate surface area is 142 Å². The predicted octanol–water partition coefficient (Wildman–Crippen LogP) is 4.07. The molecule has 0 aliphatic rings. The number of anilines is 1. The number of aromatic amines is 1. The van der Waals surface area contributed by atoms with Crippen molar-refractivity contribution in [1.82, 2.24) is 4.98 Å². The molecule has 0 saturated carbocycles. The van der Waals surface area contributed by atoms with E-state index in [1.54, 1.807) is 30.5 Å². The number of fused-ring (bicyclic) bond motifs is 1. The molecule has 0 radical (unpaired) electrons. The molecule has 1 aromatic heterocycles. The highest BCUT2D eigenvalue weighted by atomic mass is 35.5. The number of amides is 1. The number of H-pyrrole nitrogens is 1. The highest BCUT2D eigenvalue weighted by Gasteiger charge is 2.11. The lowest BCUT2D eigenvalue weighted by Gasteiger charge is -2.04. The minimum atomic E-state index is -0.550. The number of phenols is 1. The second-order valence-electron chi connectivity index (χ2n) is 5.11. The van der Waals surface area contributed by atoms with Crippen molar-refractivity contribution >= 4 is 40.2 Å². The van der Waals surface area contributed by atoms with Gasteiger partial charge in [0.2, 0.25) is 0 Å². The lowest BCUT2D eigenvalue weighted by molar-refractivity contribution is -0.112. The summed E-state index contributed by atoms with van der Waals surface area (Å²) in [6.45, 7) is 0. The molecule has 6 heteroatoms. The number of carbonyl (C=O) groups excluding carboxylic acids is 1. The summed E-state index contributed by atoms with van der Waals surface area (Å²) in [6, 6.07) is 13.4. The molecule has 1 amide bonds. The largest absolute Gasteiger partial charge is 0.508 e. The number of phenolic OH excluding ortho intramolecular Hbond substituents is 1. The van der Waals surface area contributed by atoms with Crippen molar-refractivity contribution in [2.45, 2.75) is 0 Å². The standard InChI is InChI=1S/C18H12ClN3O2/c19-13-4-5-16-12(10-21-17(16)7-13)6-11(9-20)18(24)22-14-2-1-3-15(23)8-14/h1-8,10,21,23H,(H,22,24). The maximum absolute atomic E-state index is 12.3. The van der Waals surface area contributed by atoms with E-state index in [4.69, 9.17) is 11.6 Å². The summed E-state index contributed by atoms with van der Waals surface area (Å²) >= 11 is 5.94. The number of benzene rings is 2. The molecule has 5 nitrogen and oxygen atoms in total. The Kier molecular flexibility index (Phi) is 4.23. The first-order chi connectivity index (χ1) is 11.6. The Bertz CT molecular complexity index is 999. The van der Waals surface area contributed by atoms with Gasteiger partial charge in [0.25, 0.3) is 5.91 Å². The Morgan fingerprint density at radius 3 is 2.88 bits per heavy atom. The number of rotatable bonds is 3. The van der Waals surface area contributed by atoms with Gasteiger partial charge in [0.05, 0.1) is 0 Å². The van der Waals surface area contributed by atoms with Gasteiger partial charge >= 0.3 is 0 Å². The molecule has 3 N–H and O–H groups in total. The van der Waals surface area contributed by atoms with Crippen LogP contribution in [0.25, 0.3) is 17.0 Å². The molecule has 0 saturated heterocycles. The second-order valence-corrected chi connectivity index (χ2v) is 5.54. The number of hydrogen-bond acceptors (Lipinski definition) is 3. The minimum absolute atomic E-state index is 0.0313. The van der Waals surface area contributed by atoms with Gasteiger partial charge in [-0.05, 0) is 30.3 Å². The van der Waals surface area contributed by atoms with E-state index in [1.807, 2.05) is 12.1 Å². The molecule has 0 aliphatic carbocycles. The van der Waals surface area contributed by atoms with Crippen LogP contribution >= 0.6 is 11.6 Å². The van der Waals surface area contributed by atoms with Gasteiger partial charge in [-0.2, -0.15) is 5.26 Å². The van der Waals surface area contributed by atoms with Crippen LogP contribution in [-0.2, 0) is 4.79 Å². The van der Waals surface area contributed by atoms with Crippen LogP contribution in [0.5, 0.6) is 5.75 Å². The molecule has 0 aliphatic heterocycles. The summed E-state index contributed by atoms with van der Waals surface area (Å²) in [7, 11) is 0. The third kappa shape index (κ3) is 3.24. The molecular weight excluding hydrogens is 326 g/mol. The van der Waals surface area contributed by atoms with E-state index in [9.17, 15) is 15.2 Å². The molecule has 0 bridgehead atoms. The summed E-state index contributed by atoms with van der Waals surface area (Å²) < 4.78 is 0. The maximum atomic E-state index is 12.3. The summed E-state index contributed by atoms with van der Waals surface area (Å²) in [5, 5.41) is 22.7. The van der Waals surface area contributed by atoms with E-state index in [-0.39, 0.29) is 11.3 Å². The van der Waals surface area contributed by atoms with Gasteiger partial charge in [-0.25, -0.2) is 0 Å². The van der Waals surface area contributed by atoms with E-state index in [0.717, 1.165) is 10.9 Å². The third-order valence-corrected chi connectivity index (χ3v) is 3.68. The van der Waals surface area contributed by atoms with Crippen molar-refractivity contribution in [2.75, 3.05) is 5.32 Å². The second kappa shape index (κ2) is 6.49. The van der Waals surface area contributed by atoms with Crippen molar-refractivity contribution in [2.24, 2.45) is 0 Å². The molecule has 0 spiro atoms. The highest BCUT2D eigenvalue weighted by Crippen LogP contribution is 2.24. The van der Waals surface area contributed by atoms with Gasteiger partial charge in [-0.1, -0.05) is 23.7 Å². The first kappa shape index (κ1) is 15.7. The summed E-state index contributed by atoms with van der Waals surface area (Å²) in [5.41, 5.74) is 1.89. The van der Waals surface area contributed by atoms with Crippen LogP contribution < -0.4 is 5.32 Å². The Balaban J connectivity index is 1.91. The Hall–Kier alpha value is -3.23. The number of halogens is 1. The smallest absolute Gasteiger partial charge is 0.266 e. The zero-order chi connectivity index (χ0) is 17.1. The molecule has 118 valence electrons. The quantitative estimate of drug-likeness (QED) is 0.497. The molecule has 0 atom stereocenters. The average Bonchev–Trinajstić information content (AvgIpc) is 2.94. The van der Waals surface area contributed by atoms with Crippen LogP contribution in [0.4, 0.5) is 5.69 Å². The van der Waals surface area contributed by atoms with Gasteiger partial charge < -0.3 is 15.4 Å². The summed E-state index contributed by atoms with van der Waals surface area (Å²) in [5.74, 6) is -0.518. The van der Waals surface area contributed by atoms with Crippen LogP contribution in [0, 0.1) is 11.3 Å². The van der Waals surface area contributed by atoms with Crippen LogP contribution in [-0.4, -0.2) is 16.0 Å². The summed E-state index contributed by atoms with van der Waals surface area (Å²) in [4.78, 5) is 15.3. The van der Waals surface area contributed by atoms with Gasteiger partial charge in [0.1, 0.15) is 17.4 Å². The van der Waals surface area contributed by atoms with Crippen LogP contribution in [0.3, 0.4) is 0 Å². The molecule has 3 rings (SSSR count). The SMILES string of the molecule is N#CC(=Cc1c[nH]c2cc(Cl)ccc12)C(=O)Nc1cccc(O)c1. The zero-order valence-electron chi connectivity index (χ0n) is 12.4. The fourth-order valence-electron chi connectivity index (χ4n) is 2.33. The monoisotopic (exact) mass is 337 g/mol. The number of nitriles is 1. The fraction of sp³-hybridized carbons (Fsp3) is 0. The zero-order valence-corrected chi connectivity index (χ0v) is 13.1. The van der Waals surface area contributed by atoms with Crippen molar-refractivity contribution in [1.29, 1.82) is 5.26 Å². The number of nitrogens with one attached hydrogen (secondary N) is 2. The van der Waals surface area contributed by atoms with E-state index in [1.165, 1.54) is 18.2 Å². The highest BCUT2D eigenvalue weighted by molar-refractivity contribution is 6.31. The minimum Gasteiger partial charge on any atom is -0.508 e.